The van der Waals surface area contributed by atoms with Crippen LogP contribution >= 0.6 is 23.2 Å². The highest BCUT2D eigenvalue weighted by Crippen LogP contribution is 2.46. The number of carboxylic acid groups (broad SMARTS) is 1. The van der Waals surface area contributed by atoms with Gasteiger partial charge in [-0.1, -0.05) is 47.5 Å². The van der Waals surface area contributed by atoms with Crippen molar-refractivity contribution in [3.8, 4) is 0 Å². The number of amides is 1. The molecule has 31 heavy (non-hydrogen) atoms. The highest BCUT2D eigenvalue weighted by Gasteiger charge is 2.64. The van der Waals surface area contributed by atoms with Gasteiger partial charge in [-0.05, 0) is 35.9 Å². The number of nitrogens with zero attached hydrogens (tertiary/aromatic N) is 1. The van der Waals surface area contributed by atoms with Crippen LogP contribution in [0, 0.1) is 0 Å². The molecule has 2 fully saturated rings. The Bertz CT molecular complexity index is 1090. The highest BCUT2D eigenvalue weighted by atomic mass is 35.5. The van der Waals surface area contributed by atoms with Crippen molar-refractivity contribution in [1.82, 2.24) is 4.90 Å². The van der Waals surface area contributed by atoms with E-state index in [9.17, 15) is 19.5 Å². The Kier molecular flexibility index (Phi) is 5.64. The van der Waals surface area contributed by atoms with Gasteiger partial charge in [-0.3, -0.25) is 9.69 Å². The molecule has 0 spiro atoms. The van der Waals surface area contributed by atoms with Crippen molar-refractivity contribution in [3.63, 3.8) is 0 Å². The molecular weight excluding hydrogens is 445 g/mol. The Balaban J connectivity index is 1.63. The standard InChI is InChI=1S/C22H17Cl2NO6/c23-15-7-6-14(16(24)10-15)12-22(21(28)29)17(31-19-11-18(26)25(19)22)8-9-30-20(27)13-4-2-1-3-5-13/h1-8,10,19H,9,11-12H2,(H,28,29)/b17-8-/t19-,22-/m1/s1. The second-order valence-corrected chi connectivity index (χ2v) is 7.99. The Morgan fingerprint density at radius 2 is 1.97 bits per heavy atom. The van der Waals surface area contributed by atoms with E-state index in [-0.39, 0.29) is 36.1 Å². The molecule has 0 radical (unpaired) electrons. The topological polar surface area (TPSA) is 93.1 Å². The lowest BCUT2D eigenvalue weighted by Crippen LogP contribution is -2.63. The van der Waals surface area contributed by atoms with Gasteiger partial charge in [0.05, 0.1) is 12.0 Å². The fourth-order valence-corrected chi connectivity index (χ4v) is 4.24. The number of halogens is 2. The normalized spacial score (nSPS) is 23.2. The van der Waals surface area contributed by atoms with Crippen molar-refractivity contribution in [2.24, 2.45) is 0 Å². The van der Waals surface area contributed by atoms with Crippen molar-refractivity contribution in [2.45, 2.75) is 24.6 Å². The van der Waals surface area contributed by atoms with Gasteiger partial charge in [0.2, 0.25) is 11.4 Å². The number of hydrogen-bond donors (Lipinski definition) is 1. The van der Waals surface area contributed by atoms with E-state index >= 15 is 0 Å². The zero-order valence-corrected chi connectivity index (χ0v) is 17.6. The molecule has 0 saturated carbocycles. The number of aliphatic carboxylic acids is 1. The molecule has 9 heteroatoms. The second-order valence-electron chi connectivity index (χ2n) is 7.15. The maximum Gasteiger partial charge on any atom is 0.338 e. The van der Waals surface area contributed by atoms with Crippen molar-refractivity contribution in [1.29, 1.82) is 0 Å². The van der Waals surface area contributed by atoms with Gasteiger partial charge in [-0.2, -0.15) is 0 Å². The molecular formula is C22H17Cl2NO6. The molecule has 2 aromatic carbocycles. The van der Waals surface area contributed by atoms with Crippen molar-refractivity contribution in [3.05, 3.63) is 81.5 Å². The number of carbonyl (C=O) groups excluding carboxylic acids is 2. The van der Waals surface area contributed by atoms with Gasteiger partial charge in [0, 0.05) is 16.5 Å². The maximum absolute atomic E-state index is 12.5. The predicted molar refractivity (Wildman–Crippen MR) is 112 cm³/mol. The molecule has 160 valence electrons. The molecule has 7 nitrogen and oxygen atoms in total. The second kappa shape index (κ2) is 8.24. The molecule has 1 N–H and O–H groups in total. The van der Waals surface area contributed by atoms with Crippen LogP contribution in [0.15, 0.2) is 60.4 Å². The van der Waals surface area contributed by atoms with Crippen LogP contribution in [0.1, 0.15) is 22.3 Å². The number of ether oxygens (including phenoxy) is 2. The van der Waals surface area contributed by atoms with Crippen molar-refractivity contribution < 1.29 is 29.0 Å². The Labute approximate surface area is 187 Å². The monoisotopic (exact) mass is 461 g/mol. The molecule has 0 aromatic heterocycles. The SMILES string of the molecule is O=C(OC/C=C1\O[C@@H]2CC(=O)N2[C@@]1(Cc1ccc(Cl)cc1Cl)C(=O)O)c1ccccc1. The van der Waals surface area contributed by atoms with Gasteiger partial charge in [0.15, 0.2) is 6.23 Å². The molecule has 0 unspecified atom stereocenters. The lowest BCUT2D eigenvalue weighted by molar-refractivity contribution is -0.170. The summed E-state index contributed by atoms with van der Waals surface area (Å²) in [7, 11) is 0. The number of hydrogen-bond acceptors (Lipinski definition) is 5. The lowest BCUT2D eigenvalue weighted by Gasteiger charge is -2.40. The first-order chi connectivity index (χ1) is 14.8. The fourth-order valence-electron chi connectivity index (χ4n) is 3.77. The molecule has 4 rings (SSSR count). The Morgan fingerprint density at radius 1 is 1.23 bits per heavy atom. The summed E-state index contributed by atoms with van der Waals surface area (Å²) in [5.74, 6) is -2.14. The smallest absolute Gasteiger partial charge is 0.338 e. The number of β-lactam (4-membered cyclic amide) rings is 1. The van der Waals surface area contributed by atoms with E-state index in [2.05, 4.69) is 0 Å². The maximum atomic E-state index is 12.5. The number of fused-ring (bicyclic) bond motifs is 1. The Hall–Kier alpha value is -3.03. The summed E-state index contributed by atoms with van der Waals surface area (Å²) in [5.41, 5.74) is -0.939. The first kappa shape index (κ1) is 21.2. The number of rotatable bonds is 6. The van der Waals surface area contributed by atoms with E-state index in [1.165, 1.54) is 17.0 Å². The average molecular weight is 462 g/mol. The Morgan fingerprint density at radius 3 is 2.61 bits per heavy atom. The first-order valence-electron chi connectivity index (χ1n) is 9.42. The average Bonchev–Trinajstić information content (AvgIpc) is 2.99. The minimum atomic E-state index is -1.80. The minimum Gasteiger partial charge on any atom is -0.479 e. The van der Waals surface area contributed by atoms with Crippen LogP contribution in [0.2, 0.25) is 10.0 Å². The summed E-state index contributed by atoms with van der Waals surface area (Å²) in [5, 5.41) is 10.9. The third kappa shape index (κ3) is 3.75. The van der Waals surface area contributed by atoms with Gasteiger partial charge in [-0.25, -0.2) is 9.59 Å². The minimum absolute atomic E-state index is 0.0303. The number of carbonyl (C=O) groups is 3. The number of esters is 1. The first-order valence-corrected chi connectivity index (χ1v) is 10.2. The molecule has 2 aromatic rings. The predicted octanol–water partition coefficient (Wildman–Crippen LogP) is 3.69. The summed E-state index contributed by atoms with van der Waals surface area (Å²) in [6.07, 6.45) is 0.638. The van der Waals surface area contributed by atoms with E-state index in [0.717, 1.165) is 0 Å². The molecule has 2 aliphatic heterocycles. The summed E-state index contributed by atoms with van der Waals surface area (Å²) < 4.78 is 11.0. The molecule has 2 aliphatic rings. The van der Waals surface area contributed by atoms with Crippen LogP contribution in [0.3, 0.4) is 0 Å². The lowest BCUT2D eigenvalue weighted by atomic mass is 9.85. The van der Waals surface area contributed by atoms with Crippen molar-refractivity contribution >= 4 is 41.0 Å². The van der Waals surface area contributed by atoms with E-state index in [1.807, 2.05) is 0 Å². The zero-order valence-electron chi connectivity index (χ0n) is 16.1. The third-order valence-corrected chi connectivity index (χ3v) is 5.88. The molecule has 1 amide bonds. The summed E-state index contributed by atoms with van der Waals surface area (Å²) in [6.45, 7) is -0.221. The summed E-state index contributed by atoms with van der Waals surface area (Å²) >= 11 is 12.2. The fraction of sp³-hybridized carbons (Fsp3) is 0.227. The summed E-state index contributed by atoms with van der Waals surface area (Å²) in [6, 6.07) is 13.1. The van der Waals surface area contributed by atoms with E-state index in [0.29, 0.717) is 16.1 Å². The molecule has 0 aliphatic carbocycles. The van der Waals surface area contributed by atoms with Crippen LogP contribution in [-0.2, 0) is 25.5 Å². The largest absolute Gasteiger partial charge is 0.479 e. The van der Waals surface area contributed by atoms with Gasteiger partial charge in [0.25, 0.3) is 0 Å². The molecule has 2 heterocycles. The van der Waals surface area contributed by atoms with E-state index in [1.54, 1.807) is 42.5 Å². The van der Waals surface area contributed by atoms with Crippen LogP contribution < -0.4 is 0 Å². The van der Waals surface area contributed by atoms with Gasteiger partial charge in [0.1, 0.15) is 12.4 Å². The van der Waals surface area contributed by atoms with E-state index < -0.39 is 23.7 Å². The van der Waals surface area contributed by atoms with Crippen LogP contribution in [0.5, 0.6) is 0 Å². The highest BCUT2D eigenvalue weighted by molar-refractivity contribution is 6.35. The van der Waals surface area contributed by atoms with Gasteiger partial charge >= 0.3 is 11.9 Å². The van der Waals surface area contributed by atoms with Crippen molar-refractivity contribution in [2.75, 3.05) is 6.61 Å². The van der Waals surface area contributed by atoms with Crippen LogP contribution in [-0.4, -0.2) is 46.2 Å². The quantitative estimate of drug-likeness (QED) is 0.520. The van der Waals surface area contributed by atoms with Crippen LogP contribution in [0.4, 0.5) is 0 Å². The zero-order chi connectivity index (χ0) is 22.2. The molecule has 2 atom stereocenters. The van der Waals surface area contributed by atoms with E-state index in [4.69, 9.17) is 32.7 Å². The number of carboxylic acids is 1. The summed E-state index contributed by atoms with van der Waals surface area (Å²) in [4.78, 5) is 38.1. The molecule has 2 saturated heterocycles. The molecule has 0 bridgehead atoms. The number of benzene rings is 2. The third-order valence-electron chi connectivity index (χ3n) is 5.30. The van der Waals surface area contributed by atoms with Crippen LogP contribution in [0.25, 0.3) is 0 Å². The van der Waals surface area contributed by atoms with Gasteiger partial charge < -0.3 is 14.6 Å². The van der Waals surface area contributed by atoms with Gasteiger partial charge in [-0.15, -0.1) is 0 Å².